The van der Waals surface area contributed by atoms with E-state index in [9.17, 15) is 9.59 Å². The third kappa shape index (κ3) is 3.14. The SMILES string of the molecule is Cn1c(=NC(=O)c2cccc(NC(N)=O)c2)sc2ccccc21. The lowest BCUT2D eigenvalue weighted by molar-refractivity contribution is 0.0998. The number of urea groups is 1. The van der Waals surface area contributed by atoms with E-state index in [1.807, 2.05) is 35.9 Å². The van der Waals surface area contributed by atoms with Gasteiger partial charge in [0.05, 0.1) is 10.2 Å². The largest absolute Gasteiger partial charge is 0.351 e. The number of thiazole rings is 1. The molecule has 0 saturated heterocycles. The number of hydrogen-bond acceptors (Lipinski definition) is 3. The Morgan fingerprint density at radius 1 is 1.17 bits per heavy atom. The summed E-state index contributed by atoms with van der Waals surface area (Å²) in [5, 5.41) is 2.44. The van der Waals surface area contributed by atoms with Gasteiger partial charge in [0.2, 0.25) is 0 Å². The summed E-state index contributed by atoms with van der Waals surface area (Å²) in [7, 11) is 1.87. The minimum absolute atomic E-state index is 0.375. The molecule has 0 aliphatic heterocycles. The van der Waals surface area contributed by atoms with Crippen molar-refractivity contribution in [3.63, 3.8) is 0 Å². The summed E-state index contributed by atoms with van der Waals surface area (Å²) in [6, 6.07) is 13.7. The second-order valence-electron chi connectivity index (χ2n) is 4.90. The maximum Gasteiger partial charge on any atom is 0.316 e. The van der Waals surface area contributed by atoms with Gasteiger partial charge in [0.15, 0.2) is 4.80 Å². The summed E-state index contributed by atoms with van der Waals surface area (Å²) >= 11 is 1.45. The van der Waals surface area contributed by atoms with E-state index in [4.69, 9.17) is 5.73 Å². The molecule has 1 heterocycles. The number of para-hydroxylation sites is 1. The van der Waals surface area contributed by atoms with Crippen molar-refractivity contribution in [1.82, 2.24) is 4.57 Å². The first kappa shape index (κ1) is 15.0. The number of aromatic nitrogens is 1. The Kier molecular flexibility index (Phi) is 3.94. The summed E-state index contributed by atoms with van der Waals surface area (Å²) in [4.78, 5) is 28.1. The molecule has 3 amide bonds. The van der Waals surface area contributed by atoms with Crippen molar-refractivity contribution in [3.05, 3.63) is 58.9 Å². The average Bonchev–Trinajstić information content (AvgIpc) is 2.83. The lowest BCUT2D eigenvalue weighted by Crippen LogP contribution is -2.19. The number of anilines is 1. The molecule has 3 aromatic rings. The summed E-state index contributed by atoms with van der Waals surface area (Å²) in [6.45, 7) is 0. The number of primary amides is 1. The molecule has 116 valence electrons. The number of nitrogens with two attached hydrogens (primary N) is 1. The van der Waals surface area contributed by atoms with Crippen LogP contribution in [0.2, 0.25) is 0 Å². The second-order valence-corrected chi connectivity index (χ2v) is 5.91. The number of fused-ring (bicyclic) bond motifs is 1. The van der Waals surface area contributed by atoms with Crippen LogP contribution in [0.1, 0.15) is 10.4 Å². The van der Waals surface area contributed by atoms with E-state index in [2.05, 4.69) is 10.3 Å². The number of aryl methyl sites for hydroxylation is 1. The molecule has 0 spiro atoms. The lowest BCUT2D eigenvalue weighted by atomic mass is 10.2. The Morgan fingerprint density at radius 3 is 2.70 bits per heavy atom. The quantitative estimate of drug-likeness (QED) is 0.757. The van der Waals surface area contributed by atoms with Crippen molar-refractivity contribution in [2.75, 3.05) is 5.32 Å². The smallest absolute Gasteiger partial charge is 0.316 e. The topological polar surface area (TPSA) is 89.5 Å². The number of benzene rings is 2. The van der Waals surface area contributed by atoms with Gasteiger partial charge in [0, 0.05) is 18.3 Å². The molecule has 7 heteroatoms. The molecule has 0 unspecified atom stereocenters. The zero-order chi connectivity index (χ0) is 16.4. The van der Waals surface area contributed by atoms with Gasteiger partial charge in [0.1, 0.15) is 0 Å². The predicted octanol–water partition coefficient (Wildman–Crippen LogP) is 2.47. The molecule has 0 aliphatic rings. The number of nitrogens with zero attached hydrogens (tertiary/aromatic N) is 2. The van der Waals surface area contributed by atoms with E-state index in [-0.39, 0.29) is 5.91 Å². The van der Waals surface area contributed by atoms with Crippen molar-refractivity contribution in [3.8, 4) is 0 Å². The van der Waals surface area contributed by atoms with Gasteiger partial charge in [0.25, 0.3) is 5.91 Å². The lowest BCUT2D eigenvalue weighted by Gasteiger charge is -2.02. The highest BCUT2D eigenvalue weighted by Gasteiger charge is 2.08. The number of carbonyl (C=O) groups is 2. The van der Waals surface area contributed by atoms with E-state index < -0.39 is 6.03 Å². The number of nitrogens with one attached hydrogen (secondary N) is 1. The third-order valence-corrected chi connectivity index (χ3v) is 4.40. The monoisotopic (exact) mass is 326 g/mol. The highest BCUT2D eigenvalue weighted by Crippen LogP contribution is 2.16. The van der Waals surface area contributed by atoms with Crippen molar-refractivity contribution in [2.45, 2.75) is 0 Å². The van der Waals surface area contributed by atoms with E-state index >= 15 is 0 Å². The van der Waals surface area contributed by atoms with Crippen LogP contribution in [-0.2, 0) is 7.05 Å². The fourth-order valence-corrected chi connectivity index (χ4v) is 3.23. The maximum absolute atomic E-state index is 12.4. The summed E-state index contributed by atoms with van der Waals surface area (Å²) in [6.07, 6.45) is 0. The van der Waals surface area contributed by atoms with Crippen LogP contribution in [0.4, 0.5) is 10.5 Å². The molecular formula is C16H14N4O2S. The molecule has 0 radical (unpaired) electrons. The summed E-state index contributed by atoms with van der Waals surface area (Å²) in [5.41, 5.74) is 6.94. The summed E-state index contributed by atoms with van der Waals surface area (Å²) in [5.74, 6) is -0.375. The molecule has 1 aromatic heterocycles. The van der Waals surface area contributed by atoms with Crippen LogP contribution >= 0.6 is 11.3 Å². The van der Waals surface area contributed by atoms with Gasteiger partial charge in [-0.1, -0.05) is 29.5 Å². The van der Waals surface area contributed by atoms with E-state index in [1.54, 1.807) is 24.3 Å². The molecule has 23 heavy (non-hydrogen) atoms. The van der Waals surface area contributed by atoms with Crippen LogP contribution < -0.4 is 15.9 Å². The number of rotatable bonds is 2. The van der Waals surface area contributed by atoms with Crippen LogP contribution in [0.5, 0.6) is 0 Å². The minimum Gasteiger partial charge on any atom is -0.351 e. The standard InChI is InChI=1S/C16H14N4O2S/c1-20-12-7-2-3-8-13(12)23-16(20)19-14(21)10-5-4-6-11(9-10)18-15(17)22/h2-9H,1H3,(H3,17,18,22). The summed E-state index contributed by atoms with van der Waals surface area (Å²) < 4.78 is 2.94. The Hall–Kier alpha value is -2.93. The number of carbonyl (C=O) groups excluding carboxylic acids is 2. The second kappa shape index (κ2) is 6.05. The van der Waals surface area contributed by atoms with Gasteiger partial charge >= 0.3 is 6.03 Å². The van der Waals surface area contributed by atoms with Gasteiger partial charge in [-0.15, -0.1) is 0 Å². The zero-order valence-electron chi connectivity index (χ0n) is 12.3. The zero-order valence-corrected chi connectivity index (χ0v) is 13.1. The molecule has 3 rings (SSSR count). The fraction of sp³-hybridized carbons (Fsp3) is 0.0625. The van der Waals surface area contributed by atoms with Crippen LogP contribution in [0.3, 0.4) is 0 Å². The van der Waals surface area contributed by atoms with Gasteiger partial charge < -0.3 is 15.6 Å². The van der Waals surface area contributed by atoms with E-state index in [1.165, 1.54) is 11.3 Å². The molecule has 3 N–H and O–H groups in total. The Labute approximate surface area is 135 Å². The molecular weight excluding hydrogens is 312 g/mol. The van der Waals surface area contributed by atoms with Crippen LogP contribution in [0, 0.1) is 0 Å². The molecule has 0 saturated carbocycles. The molecule has 6 nitrogen and oxygen atoms in total. The minimum atomic E-state index is -0.678. The Morgan fingerprint density at radius 2 is 1.96 bits per heavy atom. The van der Waals surface area contributed by atoms with Crippen molar-refractivity contribution < 1.29 is 9.59 Å². The highest BCUT2D eigenvalue weighted by molar-refractivity contribution is 7.16. The number of hydrogen-bond donors (Lipinski definition) is 2. The normalized spacial score (nSPS) is 11.6. The Balaban J connectivity index is 1.99. The van der Waals surface area contributed by atoms with E-state index in [0.717, 1.165) is 10.2 Å². The molecule has 0 fully saturated rings. The van der Waals surface area contributed by atoms with Gasteiger partial charge in [-0.05, 0) is 30.3 Å². The molecule has 0 bridgehead atoms. The van der Waals surface area contributed by atoms with Gasteiger partial charge in [-0.2, -0.15) is 4.99 Å². The first-order valence-corrected chi connectivity index (χ1v) is 7.66. The average molecular weight is 326 g/mol. The number of amides is 3. The van der Waals surface area contributed by atoms with Crippen LogP contribution in [0.25, 0.3) is 10.2 Å². The first-order chi connectivity index (χ1) is 11.0. The first-order valence-electron chi connectivity index (χ1n) is 6.85. The van der Waals surface area contributed by atoms with Crippen molar-refractivity contribution >= 4 is 39.2 Å². The third-order valence-electron chi connectivity index (χ3n) is 3.29. The van der Waals surface area contributed by atoms with Crippen molar-refractivity contribution in [2.24, 2.45) is 17.8 Å². The molecule has 0 aliphatic carbocycles. The van der Waals surface area contributed by atoms with Crippen molar-refractivity contribution in [1.29, 1.82) is 0 Å². The maximum atomic E-state index is 12.4. The Bertz CT molecular complexity index is 971. The van der Waals surface area contributed by atoms with Gasteiger partial charge in [-0.3, -0.25) is 4.79 Å². The van der Waals surface area contributed by atoms with Crippen LogP contribution in [-0.4, -0.2) is 16.5 Å². The van der Waals surface area contributed by atoms with E-state index in [0.29, 0.717) is 16.1 Å². The highest BCUT2D eigenvalue weighted by atomic mass is 32.1. The molecule has 0 atom stereocenters. The molecule has 2 aromatic carbocycles. The van der Waals surface area contributed by atoms with Gasteiger partial charge in [-0.25, -0.2) is 4.79 Å². The fourth-order valence-electron chi connectivity index (χ4n) is 2.21. The predicted molar refractivity (Wildman–Crippen MR) is 90.3 cm³/mol. The van der Waals surface area contributed by atoms with Crippen LogP contribution in [0.15, 0.2) is 53.5 Å².